The number of carbonyl (C=O) groups is 3. The highest BCUT2D eigenvalue weighted by Gasteiger charge is 2.56. The summed E-state index contributed by atoms with van der Waals surface area (Å²) in [5, 5.41) is -0.0831. The van der Waals surface area contributed by atoms with Gasteiger partial charge in [0.2, 0.25) is 11.8 Å². The highest BCUT2D eigenvalue weighted by atomic mass is 32.2. The number of amides is 2. The molecule has 10 heteroatoms. The van der Waals surface area contributed by atoms with Gasteiger partial charge >= 0.3 is 10.8 Å². The van der Waals surface area contributed by atoms with E-state index in [-0.39, 0.29) is 23.3 Å². The normalized spacial score (nSPS) is 19.7. The van der Waals surface area contributed by atoms with Gasteiger partial charge in [-0.2, -0.15) is 0 Å². The van der Waals surface area contributed by atoms with Gasteiger partial charge in [-0.3, -0.25) is 14.4 Å². The number of imide groups is 1. The van der Waals surface area contributed by atoms with Crippen LogP contribution >= 0.6 is 23.1 Å². The Morgan fingerprint density at radius 1 is 0.925 bits per heavy atom. The van der Waals surface area contributed by atoms with E-state index in [1.807, 2.05) is 54.6 Å². The molecule has 2 aliphatic heterocycles. The Labute approximate surface area is 237 Å². The number of carbonyl (C=O) groups excluding carboxylic acids is 3. The molecule has 0 radical (unpaired) electrons. The summed E-state index contributed by atoms with van der Waals surface area (Å²) in [7, 11) is 0. The van der Waals surface area contributed by atoms with Gasteiger partial charge in [-0.25, -0.2) is 9.69 Å². The van der Waals surface area contributed by atoms with Crippen molar-refractivity contribution in [1.29, 1.82) is 0 Å². The maximum Gasteiger partial charge on any atom is 0.338 e. The number of aromatic nitrogens is 1. The first-order valence-corrected chi connectivity index (χ1v) is 14.5. The molecule has 6 rings (SSSR count). The molecule has 1 aromatic heterocycles. The highest BCUT2D eigenvalue weighted by Crippen LogP contribution is 2.53. The van der Waals surface area contributed by atoms with Crippen LogP contribution in [0, 0.1) is 5.92 Å². The van der Waals surface area contributed by atoms with Crippen LogP contribution in [0.15, 0.2) is 88.7 Å². The second-order valence-corrected chi connectivity index (χ2v) is 11.5. The van der Waals surface area contributed by atoms with E-state index >= 15 is 0 Å². The van der Waals surface area contributed by atoms with Gasteiger partial charge in [0.05, 0.1) is 28.8 Å². The molecule has 0 bridgehead atoms. The van der Waals surface area contributed by atoms with Gasteiger partial charge in [-0.1, -0.05) is 65.6 Å². The number of thioether (sulfide) groups is 1. The van der Waals surface area contributed by atoms with Crippen LogP contribution in [0.3, 0.4) is 0 Å². The van der Waals surface area contributed by atoms with Gasteiger partial charge in [-0.15, -0.1) is 0 Å². The molecule has 0 aliphatic carbocycles. The van der Waals surface area contributed by atoms with Crippen LogP contribution in [-0.2, 0) is 20.9 Å². The van der Waals surface area contributed by atoms with Crippen LogP contribution in [0.5, 0.6) is 5.75 Å². The minimum atomic E-state index is -0.700. The number of benzene rings is 3. The number of H-pyrrole nitrogens is 1. The molecule has 1 fully saturated rings. The van der Waals surface area contributed by atoms with Crippen molar-refractivity contribution in [3.8, 4) is 5.75 Å². The number of hydrogen-bond acceptors (Lipinski definition) is 8. The topological polar surface area (TPSA) is 106 Å². The van der Waals surface area contributed by atoms with E-state index in [4.69, 9.17) is 9.47 Å². The first kappa shape index (κ1) is 26.1. The number of fused-ring (bicyclic) bond motifs is 2. The number of thiazole rings is 1. The summed E-state index contributed by atoms with van der Waals surface area (Å²) in [4.78, 5) is 56.5. The van der Waals surface area contributed by atoms with Crippen LogP contribution in [0.1, 0.15) is 39.2 Å². The molecule has 2 unspecified atom stereocenters. The number of esters is 1. The number of nitrogens with zero attached hydrogens (tertiary/aromatic N) is 1. The Balaban J connectivity index is 1.30. The van der Waals surface area contributed by atoms with Crippen LogP contribution in [-0.4, -0.2) is 34.6 Å². The lowest BCUT2D eigenvalue weighted by molar-refractivity contribution is -0.122. The Bertz CT molecular complexity index is 1630. The highest BCUT2D eigenvalue weighted by molar-refractivity contribution is 8.00. The van der Waals surface area contributed by atoms with Gasteiger partial charge in [0.15, 0.2) is 0 Å². The number of aromatic amines is 1. The van der Waals surface area contributed by atoms with Crippen molar-refractivity contribution in [1.82, 2.24) is 4.98 Å². The second kappa shape index (κ2) is 10.8. The lowest BCUT2D eigenvalue weighted by atomic mass is 9.83. The van der Waals surface area contributed by atoms with Crippen molar-refractivity contribution in [3.63, 3.8) is 0 Å². The number of hydrogen-bond donors (Lipinski definition) is 1. The van der Waals surface area contributed by atoms with Crippen LogP contribution in [0.2, 0.25) is 0 Å². The molecule has 2 aliphatic rings. The molecule has 3 aromatic carbocycles. The molecule has 202 valence electrons. The predicted octanol–water partition coefficient (Wildman–Crippen LogP) is 4.99. The molecule has 3 heterocycles. The molecule has 40 heavy (non-hydrogen) atoms. The first-order valence-electron chi connectivity index (χ1n) is 12.8. The molecular weight excluding hydrogens is 548 g/mol. The standard InChI is InChI=1S/C30H24N2O6S2/c1-2-37-29(35)19-8-12-20(13-9-19)32-27(33)23-22(24-26(31-30(36)40-24)39-25(23)28(32)34)18-10-14-21(15-11-18)38-16-17-6-4-3-5-7-17/h3-15,22-23,25H,2,16H2,1H3,(H,31,36)/t22-,23?,25?/m1/s1. The molecule has 1 saturated heterocycles. The Morgan fingerprint density at radius 2 is 1.65 bits per heavy atom. The molecule has 4 aromatic rings. The van der Waals surface area contributed by atoms with Crippen LogP contribution in [0.4, 0.5) is 5.69 Å². The summed E-state index contributed by atoms with van der Waals surface area (Å²) in [5.41, 5.74) is 2.59. The van der Waals surface area contributed by atoms with Crippen molar-refractivity contribution in [3.05, 3.63) is 110 Å². The fourth-order valence-corrected chi connectivity index (χ4v) is 7.62. The van der Waals surface area contributed by atoms with Crippen molar-refractivity contribution in [2.24, 2.45) is 5.92 Å². The summed E-state index contributed by atoms with van der Waals surface area (Å²) >= 11 is 2.29. The smallest absolute Gasteiger partial charge is 0.338 e. The Kier molecular flexibility index (Phi) is 7.03. The number of anilines is 1. The van der Waals surface area contributed by atoms with Crippen molar-refractivity contribution in [2.45, 2.75) is 29.7 Å². The van der Waals surface area contributed by atoms with Crippen LogP contribution < -0.4 is 14.5 Å². The van der Waals surface area contributed by atoms with E-state index in [9.17, 15) is 19.2 Å². The monoisotopic (exact) mass is 572 g/mol. The maximum absolute atomic E-state index is 13.9. The number of nitrogens with one attached hydrogen (secondary N) is 1. The fraction of sp³-hybridized carbons (Fsp3) is 0.200. The summed E-state index contributed by atoms with van der Waals surface area (Å²) in [6.07, 6.45) is 0. The minimum Gasteiger partial charge on any atom is -0.489 e. The number of ether oxygens (including phenoxy) is 2. The third-order valence-corrected chi connectivity index (χ3v) is 9.35. The van der Waals surface area contributed by atoms with Gasteiger partial charge in [-0.05, 0) is 54.4 Å². The van der Waals surface area contributed by atoms with E-state index in [1.165, 1.54) is 16.7 Å². The van der Waals surface area contributed by atoms with Gasteiger partial charge < -0.3 is 14.5 Å². The van der Waals surface area contributed by atoms with E-state index in [0.717, 1.165) is 27.3 Å². The zero-order chi connectivity index (χ0) is 27.8. The second-order valence-electron chi connectivity index (χ2n) is 9.37. The van der Waals surface area contributed by atoms with Crippen molar-refractivity contribution < 1.29 is 23.9 Å². The molecule has 1 N–H and O–H groups in total. The van der Waals surface area contributed by atoms with Crippen molar-refractivity contribution >= 4 is 46.6 Å². The summed E-state index contributed by atoms with van der Waals surface area (Å²) in [6, 6.07) is 23.6. The molecule has 2 amide bonds. The molecule has 8 nitrogen and oxygen atoms in total. The van der Waals surface area contributed by atoms with E-state index in [1.54, 1.807) is 31.2 Å². The third-order valence-electron chi connectivity index (χ3n) is 6.95. The van der Waals surface area contributed by atoms with Gasteiger partial charge in [0, 0.05) is 10.8 Å². The van der Waals surface area contributed by atoms with E-state index < -0.39 is 23.1 Å². The summed E-state index contributed by atoms with van der Waals surface area (Å²) in [6.45, 7) is 2.39. The minimum absolute atomic E-state index is 0.225. The largest absolute Gasteiger partial charge is 0.489 e. The molecule has 0 spiro atoms. The van der Waals surface area contributed by atoms with Gasteiger partial charge in [0.1, 0.15) is 17.6 Å². The SMILES string of the molecule is CCOC(=O)c1ccc(N2C(=O)C3Sc4[nH]c(=O)sc4[C@H](c4ccc(OCc5ccccc5)cc4)C3C2=O)cc1. The molecule has 0 saturated carbocycles. The first-order chi connectivity index (χ1) is 19.4. The zero-order valence-electron chi connectivity index (χ0n) is 21.4. The lowest BCUT2D eigenvalue weighted by Crippen LogP contribution is -2.32. The van der Waals surface area contributed by atoms with E-state index in [2.05, 4.69) is 4.98 Å². The maximum atomic E-state index is 13.9. The summed E-state index contributed by atoms with van der Waals surface area (Å²) in [5.74, 6) is -1.66. The third kappa shape index (κ3) is 4.73. The lowest BCUT2D eigenvalue weighted by Gasteiger charge is -2.29. The average molecular weight is 573 g/mol. The average Bonchev–Trinajstić information content (AvgIpc) is 3.47. The quantitative estimate of drug-likeness (QED) is 0.246. The Morgan fingerprint density at radius 3 is 2.35 bits per heavy atom. The predicted molar refractivity (Wildman–Crippen MR) is 152 cm³/mol. The molecular formula is C30H24N2O6S2. The molecule has 3 atom stereocenters. The Hall–Kier alpha value is -4.15. The van der Waals surface area contributed by atoms with Gasteiger partial charge in [0.25, 0.3) is 0 Å². The van der Waals surface area contributed by atoms with Crippen LogP contribution in [0.25, 0.3) is 0 Å². The zero-order valence-corrected chi connectivity index (χ0v) is 23.0. The summed E-state index contributed by atoms with van der Waals surface area (Å²) < 4.78 is 11.0. The van der Waals surface area contributed by atoms with E-state index in [0.29, 0.717) is 28.6 Å². The fourth-order valence-electron chi connectivity index (χ4n) is 5.10. The number of rotatable bonds is 7. The van der Waals surface area contributed by atoms with Crippen molar-refractivity contribution in [2.75, 3.05) is 11.5 Å².